The molecule has 11 heteroatoms. The van der Waals surface area contributed by atoms with E-state index in [1.165, 1.54) is 22.6 Å². The molecular formula is C15H18F3N5O3. The Labute approximate surface area is 146 Å². The highest BCUT2D eigenvalue weighted by atomic mass is 19.4. The number of amides is 3. The van der Waals surface area contributed by atoms with Crippen LogP contribution in [0.2, 0.25) is 0 Å². The van der Waals surface area contributed by atoms with Gasteiger partial charge in [0, 0.05) is 13.1 Å². The summed E-state index contributed by atoms with van der Waals surface area (Å²) < 4.78 is 39.6. The number of imidazole rings is 1. The van der Waals surface area contributed by atoms with Gasteiger partial charge in [-0.15, -0.1) is 0 Å². The van der Waals surface area contributed by atoms with E-state index in [-0.39, 0.29) is 44.1 Å². The molecule has 1 aromatic heterocycles. The summed E-state index contributed by atoms with van der Waals surface area (Å²) in [6.07, 6.45) is -3.35. The molecule has 1 unspecified atom stereocenters. The first-order valence-corrected chi connectivity index (χ1v) is 8.14. The van der Waals surface area contributed by atoms with Crippen molar-refractivity contribution in [1.29, 1.82) is 0 Å². The van der Waals surface area contributed by atoms with Gasteiger partial charge in [0.1, 0.15) is 18.3 Å². The molecular weight excluding hydrogens is 355 g/mol. The molecule has 0 saturated carbocycles. The Morgan fingerprint density at radius 2 is 1.92 bits per heavy atom. The van der Waals surface area contributed by atoms with Crippen LogP contribution in [0.25, 0.3) is 0 Å². The van der Waals surface area contributed by atoms with E-state index < -0.39 is 35.9 Å². The van der Waals surface area contributed by atoms with Crippen LogP contribution in [0.5, 0.6) is 0 Å². The van der Waals surface area contributed by atoms with Crippen molar-refractivity contribution in [2.75, 3.05) is 18.0 Å². The molecule has 0 aromatic carbocycles. The first-order valence-electron chi connectivity index (χ1n) is 8.14. The smallest absolute Gasteiger partial charge is 0.364 e. The minimum absolute atomic E-state index is 0.0175. The van der Waals surface area contributed by atoms with Gasteiger partial charge in [-0.3, -0.25) is 23.9 Å². The van der Waals surface area contributed by atoms with Crippen LogP contribution < -0.4 is 10.6 Å². The summed E-state index contributed by atoms with van der Waals surface area (Å²) in [6, 6.07) is -0.936. The number of halogens is 3. The Morgan fingerprint density at radius 3 is 2.46 bits per heavy atom. The van der Waals surface area contributed by atoms with Crippen molar-refractivity contribution in [3.8, 4) is 0 Å². The van der Waals surface area contributed by atoms with Gasteiger partial charge in [-0.1, -0.05) is 0 Å². The molecule has 2 aliphatic rings. The third-order valence-corrected chi connectivity index (χ3v) is 4.88. The molecule has 1 saturated heterocycles. The van der Waals surface area contributed by atoms with Gasteiger partial charge < -0.3 is 10.6 Å². The van der Waals surface area contributed by atoms with E-state index in [9.17, 15) is 27.6 Å². The number of fused-ring (bicyclic) bond motifs is 1. The number of alkyl halides is 3. The van der Waals surface area contributed by atoms with Crippen LogP contribution in [-0.2, 0) is 16.1 Å². The number of nitrogens with zero attached hydrogens (tertiary/aromatic N) is 4. The van der Waals surface area contributed by atoms with Gasteiger partial charge in [0.2, 0.25) is 17.8 Å². The molecule has 3 heterocycles. The summed E-state index contributed by atoms with van der Waals surface area (Å²) in [5.74, 6) is -2.90. The maximum absolute atomic E-state index is 12.8. The number of aromatic nitrogens is 2. The average Bonchev–Trinajstić information content (AvgIpc) is 3.10. The molecule has 142 valence electrons. The molecule has 0 radical (unpaired) electrons. The highest BCUT2D eigenvalue weighted by Gasteiger charge is 2.44. The van der Waals surface area contributed by atoms with Crippen molar-refractivity contribution in [3.63, 3.8) is 0 Å². The summed E-state index contributed by atoms with van der Waals surface area (Å²) in [6.45, 7) is 1.29. The van der Waals surface area contributed by atoms with Gasteiger partial charge in [0.25, 0.3) is 5.91 Å². The maximum Gasteiger partial charge on any atom is 0.391 e. The zero-order valence-electron chi connectivity index (χ0n) is 14.0. The second kappa shape index (κ2) is 6.29. The predicted molar refractivity (Wildman–Crippen MR) is 83.1 cm³/mol. The minimum atomic E-state index is -4.26. The fraction of sp³-hybridized carbons (Fsp3) is 0.600. The van der Waals surface area contributed by atoms with E-state index >= 15 is 0 Å². The molecule has 1 atom stereocenters. The number of carbonyl (C=O) groups excluding carboxylic acids is 3. The number of rotatable bonds is 3. The third kappa shape index (κ3) is 3.01. The lowest BCUT2D eigenvalue weighted by molar-refractivity contribution is -0.186. The normalized spacial score (nSPS) is 19.6. The molecule has 2 aliphatic heterocycles. The highest BCUT2D eigenvalue weighted by molar-refractivity contribution is 6.03. The highest BCUT2D eigenvalue weighted by Crippen LogP contribution is 2.34. The molecule has 3 rings (SSSR count). The van der Waals surface area contributed by atoms with Crippen molar-refractivity contribution in [2.24, 2.45) is 11.7 Å². The van der Waals surface area contributed by atoms with E-state index in [4.69, 9.17) is 5.73 Å². The number of primary amides is 1. The van der Waals surface area contributed by atoms with Crippen LogP contribution in [0.3, 0.4) is 0 Å². The number of carbonyl (C=O) groups is 3. The second-order valence-corrected chi connectivity index (χ2v) is 6.47. The largest absolute Gasteiger partial charge is 0.391 e. The number of hydrogen-bond acceptors (Lipinski definition) is 4. The molecule has 0 spiro atoms. The van der Waals surface area contributed by atoms with Crippen molar-refractivity contribution < 1.29 is 27.6 Å². The number of hydrogen-bond donors (Lipinski definition) is 1. The SMILES string of the molecule is CC(C(=O)N1CCC(C(F)(F)F)CC1)N1C(=O)Cn2c(C(N)=O)cnc21. The van der Waals surface area contributed by atoms with Gasteiger partial charge in [-0.25, -0.2) is 4.98 Å². The second-order valence-electron chi connectivity index (χ2n) is 6.47. The van der Waals surface area contributed by atoms with Crippen LogP contribution in [0.4, 0.5) is 19.1 Å². The molecule has 8 nitrogen and oxygen atoms in total. The molecule has 1 fully saturated rings. The van der Waals surface area contributed by atoms with Crippen molar-refractivity contribution in [1.82, 2.24) is 14.5 Å². The quantitative estimate of drug-likeness (QED) is 0.834. The lowest BCUT2D eigenvalue weighted by Crippen LogP contribution is -2.51. The summed E-state index contributed by atoms with van der Waals surface area (Å²) in [5.41, 5.74) is 5.28. The lowest BCUT2D eigenvalue weighted by atomic mass is 9.96. The molecule has 0 aliphatic carbocycles. The Kier molecular flexibility index (Phi) is 4.41. The van der Waals surface area contributed by atoms with Gasteiger partial charge in [-0.05, 0) is 19.8 Å². The van der Waals surface area contributed by atoms with Gasteiger partial charge >= 0.3 is 6.18 Å². The van der Waals surface area contributed by atoms with Crippen LogP contribution in [-0.4, -0.2) is 57.5 Å². The molecule has 2 N–H and O–H groups in total. The number of anilines is 1. The standard InChI is InChI=1S/C15H18F3N5O3/c1-8(13(26)21-4-2-9(3-5-21)15(16,17)18)23-11(24)7-22-10(12(19)25)6-20-14(22)23/h6,8-9H,2-5,7H2,1H3,(H2,19,25). The van der Waals surface area contributed by atoms with Gasteiger partial charge in [0.05, 0.1) is 12.1 Å². The van der Waals surface area contributed by atoms with E-state index in [0.29, 0.717) is 0 Å². The first-order chi connectivity index (χ1) is 12.1. The zero-order chi connectivity index (χ0) is 19.2. The molecule has 3 amide bonds. The Bertz CT molecular complexity index is 752. The van der Waals surface area contributed by atoms with Gasteiger partial charge in [0.15, 0.2) is 0 Å². The van der Waals surface area contributed by atoms with Crippen LogP contribution in [0, 0.1) is 5.92 Å². The van der Waals surface area contributed by atoms with Crippen molar-refractivity contribution >= 4 is 23.7 Å². The Balaban J connectivity index is 1.72. The van der Waals surface area contributed by atoms with Crippen LogP contribution in [0.1, 0.15) is 30.3 Å². The van der Waals surface area contributed by atoms with E-state index in [1.807, 2.05) is 0 Å². The van der Waals surface area contributed by atoms with Gasteiger partial charge in [-0.2, -0.15) is 13.2 Å². The van der Waals surface area contributed by atoms with Crippen LogP contribution in [0.15, 0.2) is 6.20 Å². The predicted octanol–water partition coefficient (Wildman–Crippen LogP) is 0.518. The fourth-order valence-electron chi connectivity index (χ4n) is 3.42. The number of likely N-dealkylation sites (tertiary alicyclic amines) is 1. The van der Waals surface area contributed by atoms with Crippen molar-refractivity contribution in [2.45, 2.75) is 38.5 Å². The Morgan fingerprint density at radius 1 is 1.31 bits per heavy atom. The molecule has 26 heavy (non-hydrogen) atoms. The lowest BCUT2D eigenvalue weighted by Gasteiger charge is -2.35. The monoisotopic (exact) mass is 373 g/mol. The Hall–Kier alpha value is -2.59. The zero-order valence-corrected chi connectivity index (χ0v) is 14.0. The minimum Gasteiger partial charge on any atom is -0.364 e. The number of nitrogens with two attached hydrogens (primary N) is 1. The van der Waals surface area contributed by atoms with E-state index in [1.54, 1.807) is 0 Å². The summed E-state index contributed by atoms with van der Waals surface area (Å²) in [7, 11) is 0. The van der Waals surface area contributed by atoms with Crippen LogP contribution >= 0.6 is 0 Å². The van der Waals surface area contributed by atoms with Crippen molar-refractivity contribution in [3.05, 3.63) is 11.9 Å². The fourth-order valence-corrected chi connectivity index (χ4v) is 3.42. The molecule has 1 aromatic rings. The average molecular weight is 373 g/mol. The topological polar surface area (TPSA) is 102 Å². The third-order valence-electron chi connectivity index (χ3n) is 4.88. The first kappa shape index (κ1) is 18.2. The summed E-state index contributed by atoms with van der Waals surface area (Å²) >= 11 is 0. The maximum atomic E-state index is 12.8. The summed E-state index contributed by atoms with van der Waals surface area (Å²) in [5, 5.41) is 0. The number of piperidine rings is 1. The van der Waals surface area contributed by atoms with E-state index in [0.717, 1.165) is 4.90 Å². The molecule has 0 bridgehead atoms. The summed E-state index contributed by atoms with van der Waals surface area (Å²) in [4.78, 5) is 42.8. The van der Waals surface area contributed by atoms with E-state index in [2.05, 4.69) is 4.98 Å².